The van der Waals surface area contributed by atoms with Crippen molar-refractivity contribution in [3.05, 3.63) is 24.0 Å². The van der Waals surface area contributed by atoms with E-state index in [9.17, 15) is 4.79 Å². The number of nitrogens with zero attached hydrogens (tertiary/aromatic N) is 4. The Balaban J connectivity index is 1.11. The summed E-state index contributed by atoms with van der Waals surface area (Å²) in [5.74, 6) is 0.712. The van der Waals surface area contributed by atoms with Crippen molar-refractivity contribution in [2.75, 3.05) is 57.4 Å². The van der Waals surface area contributed by atoms with E-state index >= 15 is 0 Å². The molecular weight excluding hydrogens is 364 g/mol. The zero-order valence-corrected chi connectivity index (χ0v) is 17.7. The molecule has 3 saturated heterocycles. The number of anilines is 1. The number of hydrogen-bond donors (Lipinski definition) is 0. The fourth-order valence-corrected chi connectivity index (χ4v) is 5.77. The fourth-order valence-electron chi connectivity index (χ4n) is 5.77. The zero-order chi connectivity index (χ0) is 19.8. The molecule has 4 aliphatic rings. The summed E-state index contributed by atoms with van der Waals surface area (Å²) in [5.41, 5.74) is 2.60. The molecule has 6 heteroatoms. The molecule has 0 N–H and O–H groups in total. The van der Waals surface area contributed by atoms with Crippen molar-refractivity contribution in [2.45, 2.75) is 45.1 Å². The van der Waals surface area contributed by atoms with E-state index in [0.717, 1.165) is 51.5 Å². The van der Waals surface area contributed by atoms with Crippen molar-refractivity contribution in [3.63, 3.8) is 0 Å². The molecule has 0 aromatic carbocycles. The second kappa shape index (κ2) is 7.88. The van der Waals surface area contributed by atoms with Crippen molar-refractivity contribution in [3.8, 4) is 0 Å². The van der Waals surface area contributed by atoms with Crippen LogP contribution in [-0.2, 0) is 9.53 Å². The first kappa shape index (κ1) is 19.3. The summed E-state index contributed by atoms with van der Waals surface area (Å²) in [5, 5.41) is 0. The maximum Gasteiger partial charge on any atom is 0.226 e. The molecule has 1 aliphatic carbocycles. The Morgan fingerprint density at radius 2 is 1.83 bits per heavy atom. The van der Waals surface area contributed by atoms with Gasteiger partial charge in [0.25, 0.3) is 0 Å². The van der Waals surface area contributed by atoms with Gasteiger partial charge in [-0.25, -0.2) is 0 Å². The molecule has 1 spiro atoms. The number of pyridine rings is 1. The summed E-state index contributed by atoms with van der Waals surface area (Å²) in [6.07, 6.45) is 7.77. The number of amides is 1. The highest BCUT2D eigenvalue weighted by Crippen LogP contribution is 2.60. The minimum atomic E-state index is 0.286. The number of aryl methyl sites for hydroxylation is 1. The molecule has 1 aromatic rings. The average Bonchev–Trinajstić information content (AvgIpc) is 3.47. The first-order valence-electron chi connectivity index (χ1n) is 11.4. The second-order valence-electron chi connectivity index (χ2n) is 9.47. The maximum absolute atomic E-state index is 13.2. The van der Waals surface area contributed by atoms with Crippen LogP contribution in [0.4, 0.5) is 5.69 Å². The van der Waals surface area contributed by atoms with E-state index in [2.05, 4.69) is 31.8 Å². The molecule has 1 aromatic heterocycles. The molecule has 3 aliphatic heterocycles. The van der Waals surface area contributed by atoms with E-state index in [0.29, 0.717) is 17.4 Å². The Kier molecular flexibility index (Phi) is 5.25. The number of aromatic nitrogens is 1. The molecule has 0 bridgehead atoms. The predicted molar refractivity (Wildman–Crippen MR) is 113 cm³/mol. The predicted octanol–water partition coefficient (Wildman–Crippen LogP) is 2.32. The van der Waals surface area contributed by atoms with E-state index in [1.807, 2.05) is 13.1 Å². The minimum absolute atomic E-state index is 0.286. The van der Waals surface area contributed by atoms with Gasteiger partial charge in [-0.3, -0.25) is 9.78 Å². The van der Waals surface area contributed by atoms with E-state index < -0.39 is 0 Å². The molecule has 1 amide bonds. The van der Waals surface area contributed by atoms with Crippen molar-refractivity contribution >= 4 is 11.6 Å². The lowest BCUT2D eigenvalue weighted by molar-refractivity contribution is -0.134. The van der Waals surface area contributed by atoms with Gasteiger partial charge in [-0.2, -0.15) is 0 Å². The highest BCUT2D eigenvalue weighted by atomic mass is 16.5. The molecule has 4 heterocycles. The minimum Gasteiger partial charge on any atom is -0.381 e. The number of piperazine rings is 1. The van der Waals surface area contributed by atoms with Crippen LogP contribution >= 0.6 is 0 Å². The van der Waals surface area contributed by atoms with E-state index in [1.54, 1.807) is 0 Å². The smallest absolute Gasteiger partial charge is 0.226 e. The van der Waals surface area contributed by atoms with Gasteiger partial charge in [-0.1, -0.05) is 0 Å². The molecule has 158 valence electrons. The quantitative estimate of drug-likeness (QED) is 0.782. The van der Waals surface area contributed by atoms with Gasteiger partial charge in [0.15, 0.2) is 0 Å². The molecule has 1 saturated carbocycles. The normalized spacial score (nSPS) is 28.0. The Labute approximate surface area is 174 Å². The number of piperidine rings is 1. The summed E-state index contributed by atoms with van der Waals surface area (Å²) in [7, 11) is 0. The third-order valence-electron chi connectivity index (χ3n) is 7.83. The van der Waals surface area contributed by atoms with Crippen LogP contribution in [0.1, 0.15) is 37.8 Å². The summed E-state index contributed by atoms with van der Waals surface area (Å²) in [6, 6.07) is 4.92. The van der Waals surface area contributed by atoms with Crippen LogP contribution in [0.15, 0.2) is 18.3 Å². The van der Waals surface area contributed by atoms with E-state index in [1.165, 1.54) is 44.5 Å². The van der Waals surface area contributed by atoms with Gasteiger partial charge in [0.1, 0.15) is 0 Å². The average molecular weight is 399 g/mol. The maximum atomic E-state index is 13.2. The van der Waals surface area contributed by atoms with Gasteiger partial charge in [-0.15, -0.1) is 0 Å². The molecular formula is C23H34N4O2. The molecule has 6 nitrogen and oxygen atoms in total. The van der Waals surface area contributed by atoms with Gasteiger partial charge in [-0.05, 0) is 69.7 Å². The monoisotopic (exact) mass is 398 g/mol. The van der Waals surface area contributed by atoms with Crippen LogP contribution in [0, 0.1) is 18.3 Å². The number of likely N-dealkylation sites (tertiary alicyclic amines) is 1. The second-order valence-corrected chi connectivity index (χ2v) is 9.47. The summed E-state index contributed by atoms with van der Waals surface area (Å²) < 4.78 is 5.52. The topological polar surface area (TPSA) is 48.9 Å². The first-order valence-corrected chi connectivity index (χ1v) is 11.4. The van der Waals surface area contributed by atoms with E-state index in [4.69, 9.17) is 4.74 Å². The molecule has 4 fully saturated rings. The van der Waals surface area contributed by atoms with Crippen LogP contribution < -0.4 is 4.90 Å². The standard InChI is InChI=1S/C23H34N4O2/c1-18-16-20(2-7-24-18)26-10-12-27(13-11-26)22(28)21-17-23(21)5-8-25(9-6-23)19-3-14-29-15-4-19/h2,7,16,19,21H,3-6,8-15,17H2,1H3. The van der Waals surface area contributed by atoms with Crippen molar-refractivity contribution in [2.24, 2.45) is 11.3 Å². The number of carbonyl (C=O) groups is 1. The van der Waals surface area contributed by atoms with E-state index in [-0.39, 0.29) is 5.92 Å². The lowest BCUT2D eigenvalue weighted by atomic mass is 9.89. The SMILES string of the molecule is Cc1cc(N2CCN(C(=O)C3CC34CCN(C3CCOCC3)CC4)CC2)ccn1. The Morgan fingerprint density at radius 3 is 2.52 bits per heavy atom. The van der Waals surface area contributed by atoms with Crippen LogP contribution in [0.5, 0.6) is 0 Å². The van der Waals surface area contributed by atoms with Gasteiger partial charge < -0.3 is 19.4 Å². The lowest BCUT2D eigenvalue weighted by Gasteiger charge is -2.40. The highest BCUT2D eigenvalue weighted by molar-refractivity contribution is 5.83. The molecule has 1 unspecified atom stereocenters. The third kappa shape index (κ3) is 3.89. The summed E-state index contributed by atoms with van der Waals surface area (Å²) in [4.78, 5) is 24.7. The van der Waals surface area contributed by atoms with Crippen LogP contribution in [0.25, 0.3) is 0 Å². The largest absolute Gasteiger partial charge is 0.381 e. The van der Waals surface area contributed by atoms with Gasteiger partial charge in [0, 0.05) is 68.9 Å². The lowest BCUT2D eigenvalue weighted by Crippen LogP contribution is -2.50. The molecule has 1 atom stereocenters. The van der Waals surface area contributed by atoms with Gasteiger partial charge in [0.2, 0.25) is 5.91 Å². The van der Waals surface area contributed by atoms with Crippen molar-refractivity contribution < 1.29 is 9.53 Å². The third-order valence-corrected chi connectivity index (χ3v) is 7.83. The van der Waals surface area contributed by atoms with Crippen molar-refractivity contribution in [1.82, 2.24) is 14.8 Å². The Hall–Kier alpha value is -1.66. The summed E-state index contributed by atoms with van der Waals surface area (Å²) in [6.45, 7) is 9.74. The number of hydrogen-bond acceptors (Lipinski definition) is 5. The van der Waals surface area contributed by atoms with Crippen molar-refractivity contribution in [1.29, 1.82) is 0 Å². The van der Waals surface area contributed by atoms with Crippen LogP contribution in [-0.4, -0.2) is 79.2 Å². The van der Waals surface area contributed by atoms with Crippen LogP contribution in [0.2, 0.25) is 0 Å². The Bertz CT molecular complexity index is 732. The number of carbonyl (C=O) groups excluding carboxylic acids is 1. The zero-order valence-electron chi connectivity index (χ0n) is 17.7. The molecule has 29 heavy (non-hydrogen) atoms. The summed E-state index contributed by atoms with van der Waals surface area (Å²) >= 11 is 0. The number of rotatable bonds is 3. The molecule has 0 radical (unpaired) electrons. The Morgan fingerprint density at radius 1 is 1.10 bits per heavy atom. The van der Waals surface area contributed by atoms with Gasteiger partial charge in [0.05, 0.1) is 0 Å². The van der Waals surface area contributed by atoms with Gasteiger partial charge >= 0.3 is 0 Å². The fraction of sp³-hybridized carbons (Fsp3) is 0.739. The highest BCUT2D eigenvalue weighted by Gasteiger charge is 2.59. The molecule has 5 rings (SSSR count). The first-order chi connectivity index (χ1) is 14.1. The number of ether oxygens (including phenoxy) is 1. The van der Waals surface area contributed by atoms with Crippen LogP contribution in [0.3, 0.4) is 0 Å².